The van der Waals surface area contributed by atoms with E-state index < -0.39 is 18.0 Å². The normalized spacial score (nSPS) is 27.2. The maximum absolute atomic E-state index is 12.2. The van der Waals surface area contributed by atoms with Crippen LogP contribution in [0.3, 0.4) is 0 Å². The van der Waals surface area contributed by atoms with Crippen molar-refractivity contribution in [3.8, 4) is 0 Å². The topological polar surface area (TPSA) is 95.7 Å². The van der Waals surface area contributed by atoms with Crippen molar-refractivity contribution in [2.24, 2.45) is 18.9 Å². The number of carboxylic acids is 1. The average molecular weight is 351 g/mol. The van der Waals surface area contributed by atoms with Crippen molar-refractivity contribution in [3.05, 3.63) is 28.8 Å². The van der Waals surface area contributed by atoms with Crippen molar-refractivity contribution in [1.29, 1.82) is 0 Å². The number of hydrogen-bond donors (Lipinski definition) is 2. The minimum absolute atomic E-state index is 0.0826. The molecule has 0 saturated carbocycles. The molecule has 8 heteroatoms. The number of aliphatic hydroxyl groups excluding tert-OH is 1. The van der Waals surface area contributed by atoms with Gasteiger partial charge in [-0.1, -0.05) is 6.92 Å². The fraction of sp³-hybridized carbons (Fsp3) is 0.562. The number of rotatable bonds is 6. The zero-order valence-electron chi connectivity index (χ0n) is 13.8. The number of imidazole rings is 1. The second kappa shape index (κ2) is 6.25. The summed E-state index contributed by atoms with van der Waals surface area (Å²) in [6.45, 7) is 3.51. The van der Waals surface area contributed by atoms with E-state index in [2.05, 4.69) is 4.98 Å². The van der Waals surface area contributed by atoms with Gasteiger partial charge in [0.2, 0.25) is 5.91 Å². The average Bonchev–Trinajstić information content (AvgIpc) is 3.00. The van der Waals surface area contributed by atoms with Crippen LogP contribution in [-0.4, -0.2) is 54.4 Å². The van der Waals surface area contributed by atoms with Gasteiger partial charge in [0.05, 0.1) is 18.1 Å². The van der Waals surface area contributed by atoms with Crippen LogP contribution in [0.4, 0.5) is 0 Å². The Kier molecular flexibility index (Phi) is 4.44. The van der Waals surface area contributed by atoms with Gasteiger partial charge >= 0.3 is 5.97 Å². The van der Waals surface area contributed by atoms with E-state index in [9.17, 15) is 19.8 Å². The Bertz CT molecular complexity index is 712. The van der Waals surface area contributed by atoms with Crippen molar-refractivity contribution in [3.63, 3.8) is 0 Å². The molecule has 1 amide bonds. The second-order valence-corrected chi connectivity index (χ2v) is 7.46. The van der Waals surface area contributed by atoms with E-state index in [0.29, 0.717) is 5.75 Å². The number of aliphatic hydroxyl groups is 1. The predicted molar refractivity (Wildman–Crippen MR) is 89.0 cm³/mol. The molecule has 2 N–H and O–H groups in total. The Morgan fingerprint density at radius 2 is 2.21 bits per heavy atom. The molecule has 7 nitrogen and oxygen atoms in total. The summed E-state index contributed by atoms with van der Waals surface area (Å²) in [4.78, 5) is 30.3. The highest BCUT2D eigenvalue weighted by molar-refractivity contribution is 8.03. The van der Waals surface area contributed by atoms with Crippen molar-refractivity contribution in [2.45, 2.75) is 32.4 Å². The third-order valence-corrected chi connectivity index (χ3v) is 6.10. The number of amides is 1. The molecule has 0 aromatic carbocycles. The zero-order chi connectivity index (χ0) is 17.6. The lowest BCUT2D eigenvalue weighted by Gasteiger charge is -2.46. The summed E-state index contributed by atoms with van der Waals surface area (Å²) < 4.78 is 1.94. The first-order valence-electron chi connectivity index (χ1n) is 7.92. The molecule has 130 valence electrons. The maximum atomic E-state index is 12.2. The van der Waals surface area contributed by atoms with E-state index >= 15 is 0 Å². The molecule has 0 radical (unpaired) electrons. The summed E-state index contributed by atoms with van der Waals surface area (Å²) in [5.74, 6) is -0.344. The number of nitrogens with zero attached hydrogens (tertiary/aromatic N) is 3. The van der Waals surface area contributed by atoms with E-state index in [1.807, 2.05) is 24.7 Å². The monoisotopic (exact) mass is 351 g/mol. The SMILES string of the molecule is C[C@@H](O)[C@H]1C(=O)N2C(C(=O)O)=C(SCCc3nccn3C)[C@H](C)[C@H]12. The summed E-state index contributed by atoms with van der Waals surface area (Å²) in [5.41, 5.74) is 0.0826. The molecule has 2 aliphatic rings. The lowest BCUT2D eigenvalue weighted by atomic mass is 9.79. The van der Waals surface area contributed by atoms with Gasteiger partial charge in [-0.25, -0.2) is 9.78 Å². The number of aromatic nitrogens is 2. The molecule has 4 atom stereocenters. The van der Waals surface area contributed by atoms with Crippen LogP contribution in [0.5, 0.6) is 0 Å². The minimum atomic E-state index is -1.08. The Morgan fingerprint density at radius 1 is 1.50 bits per heavy atom. The Morgan fingerprint density at radius 3 is 2.75 bits per heavy atom. The first-order valence-corrected chi connectivity index (χ1v) is 8.90. The number of hydrogen-bond acceptors (Lipinski definition) is 5. The highest BCUT2D eigenvalue weighted by Crippen LogP contribution is 2.50. The molecule has 1 saturated heterocycles. The number of fused-ring (bicyclic) bond motifs is 1. The molecule has 1 aromatic heterocycles. The van der Waals surface area contributed by atoms with Crippen LogP contribution in [0.25, 0.3) is 0 Å². The van der Waals surface area contributed by atoms with Gasteiger partial charge in [-0.2, -0.15) is 0 Å². The number of aryl methyl sites for hydroxylation is 2. The van der Waals surface area contributed by atoms with Gasteiger partial charge in [0, 0.05) is 42.4 Å². The number of carbonyl (C=O) groups excluding carboxylic acids is 1. The third-order valence-electron chi connectivity index (χ3n) is 4.82. The highest BCUT2D eigenvalue weighted by atomic mass is 32.2. The van der Waals surface area contributed by atoms with Crippen molar-refractivity contribution < 1.29 is 19.8 Å². The second-order valence-electron chi connectivity index (χ2n) is 6.32. The van der Waals surface area contributed by atoms with E-state index in [1.54, 1.807) is 13.1 Å². The van der Waals surface area contributed by atoms with Crippen LogP contribution >= 0.6 is 11.8 Å². The molecule has 3 rings (SSSR count). The van der Waals surface area contributed by atoms with Crippen molar-refractivity contribution in [1.82, 2.24) is 14.5 Å². The van der Waals surface area contributed by atoms with Crippen molar-refractivity contribution >= 4 is 23.6 Å². The van der Waals surface area contributed by atoms with Gasteiger partial charge in [0.25, 0.3) is 0 Å². The molecular formula is C16H21N3O4S. The van der Waals surface area contributed by atoms with Gasteiger partial charge in [-0.05, 0) is 6.92 Å². The number of β-lactam (4-membered cyclic amide) rings is 1. The lowest BCUT2D eigenvalue weighted by Crippen LogP contribution is -2.63. The zero-order valence-corrected chi connectivity index (χ0v) is 14.7. The summed E-state index contributed by atoms with van der Waals surface area (Å²) in [6.07, 6.45) is 3.55. The molecule has 1 fully saturated rings. The first-order chi connectivity index (χ1) is 11.3. The number of thioether (sulfide) groups is 1. The molecule has 1 aromatic rings. The summed E-state index contributed by atoms with van der Waals surface area (Å²) >= 11 is 1.47. The predicted octanol–water partition coefficient (Wildman–Crippen LogP) is 0.849. The van der Waals surface area contributed by atoms with Crippen LogP contribution in [0.1, 0.15) is 19.7 Å². The molecule has 0 spiro atoms. The summed E-state index contributed by atoms with van der Waals surface area (Å²) in [5, 5.41) is 19.4. The molecular weight excluding hydrogens is 330 g/mol. The van der Waals surface area contributed by atoms with E-state index in [-0.39, 0.29) is 23.6 Å². The molecule has 2 aliphatic heterocycles. The third kappa shape index (κ3) is 2.53. The number of carbonyl (C=O) groups is 2. The fourth-order valence-corrected chi connectivity index (χ4v) is 4.83. The van der Waals surface area contributed by atoms with Gasteiger partial charge in [0.15, 0.2) is 0 Å². The highest BCUT2D eigenvalue weighted by Gasteiger charge is 2.59. The molecule has 24 heavy (non-hydrogen) atoms. The van der Waals surface area contributed by atoms with Crippen LogP contribution in [0, 0.1) is 11.8 Å². The van der Waals surface area contributed by atoms with Crippen LogP contribution in [0.15, 0.2) is 23.0 Å². The fourth-order valence-electron chi connectivity index (χ4n) is 3.61. The first kappa shape index (κ1) is 17.0. The Balaban J connectivity index is 1.77. The maximum Gasteiger partial charge on any atom is 0.353 e. The quantitative estimate of drug-likeness (QED) is 0.738. The van der Waals surface area contributed by atoms with Gasteiger partial charge in [-0.3, -0.25) is 4.79 Å². The van der Waals surface area contributed by atoms with E-state index in [1.165, 1.54) is 16.7 Å². The molecule has 0 aliphatic carbocycles. The van der Waals surface area contributed by atoms with Crippen LogP contribution in [0.2, 0.25) is 0 Å². The molecule has 3 heterocycles. The van der Waals surface area contributed by atoms with E-state index in [0.717, 1.165) is 17.2 Å². The molecule has 0 bridgehead atoms. The minimum Gasteiger partial charge on any atom is -0.477 e. The largest absolute Gasteiger partial charge is 0.477 e. The Labute approximate surface area is 144 Å². The number of carboxylic acid groups (broad SMARTS) is 1. The van der Waals surface area contributed by atoms with Gasteiger partial charge < -0.3 is 19.7 Å². The smallest absolute Gasteiger partial charge is 0.353 e. The van der Waals surface area contributed by atoms with Crippen LogP contribution < -0.4 is 0 Å². The summed E-state index contributed by atoms with van der Waals surface area (Å²) in [7, 11) is 1.92. The Hall–Kier alpha value is -1.80. The standard InChI is InChI=1S/C16H21N3O4S/c1-8-12-11(9(2)20)15(21)19(12)13(16(22)23)14(8)24-7-4-10-17-5-6-18(10)3/h5-6,8-9,11-12,20H,4,7H2,1-3H3,(H,22,23)/t8-,9-,11-,12-/m1/s1. The lowest BCUT2D eigenvalue weighted by molar-refractivity contribution is -0.163. The van der Waals surface area contributed by atoms with Gasteiger partial charge in [0.1, 0.15) is 11.5 Å². The van der Waals surface area contributed by atoms with Crippen molar-refractivity contribution in [2.75, 3.05) is 5.75 Å². The van der Waals surface area contributed by atoms with Gasteiger partial charge in [-0.15, -0.1) is 11.8 Å². The van der Waals surface area contributed by atoms with E-state index in [4.69, 9.17) is 0 Å². The summed E-state index contributed by atoms with van der Waals surface area (Å²) in [6, 6.07) is -0.251. The molecule has 0 unspecified atom stereocenters. The van der Waals surface area contributed by atoms with Crippen LogP contribution in [-0.2, 0) is 23.1 Å². The number of aliphatic carboxylic acids is 1.